The Bertz CT molecular complexity index is 1010. The molecular formula is C21H21N5O. The maximum atomic E-state index is 13.0. The lowest BCUT2D eigenvalue weighted by molar-refractivity contribution is 0.0782. The van der Waals surface area contributed by atoms with Crippen molar-refractivity contribution in [2.45, 2.75) is 6.92 Å². The number of nitrogens with zero attached hydrogens (tertiary/aromatic N) is 5. The van der Waals surface area contributed by atoms with E-state index in [2.05, 4.69) is 19.9 Å². The first kappa shape index (κ1) is 16.2. The van der Waals surface area contributed by atoms with Crippen LogP contribution in [0, 0.1) is 18.8 Å². The Morgan fingerprint density at radius 3 is 2.59 bits per heavy atom. The molecule has 2 fully saturated rings. The van der Waals surface area contributed by atoms with Crippen LogP contribution in [0.25, 0.3) is 10.9 Å². The number of pyridine rings is 1. The van der Waals surface area contributed by atoms with Crippen LogP contribution in [0.1, 0.15) is 16.1 Å². The molecule has 2 aliphatic heterocycles. The number of carbonyl (C=O) groups excluding carboxylic acids is 1. The fourth-order valence-corrected chi connectivity index (χ4v) is 4.35. The third-order valence-electron chi connectivity index (χ3n) is 5.74. The molecule has 2 unspecified atom stereocenters. The van der Waals surface area contributed by atoms with Crippen LogP contribution in [0.3, 0.4) is 0 Å². The molecule has 0 bridgehead atoms. The van der Waals surface area contributed by atoms with Gasteiger partial charge in [-0.05, 0) is 31.2 Å². The summed E-state index contributed by atoms with van der Waals surface area (Å²) >= 11 is 0. The number of carbonyl (C=O) groups is 1. The van der Waals surface area contributed by atoms with Crippen LogP contribution in [-0.4, -0.2) is 51.9 Å². The van der Waals surface area contributed by atoms with E-state index in [4.69, 9.17) is 0 Å². The van der Waals surface area contributed by atoms with E-state index < -0.39 is 0 Å². The van der Waals surface area contributed by atoms with Gasteiger partial charge in [0.25, 0.3) is 5.91 Å². The van der Waals surface area contributed by atoms with Gasteiger partial charge in [0.1, 0.15) is 12.1 Å². The van der Waals surface area contributed by atoms with Crippen molar-refractivity contribution < 1.29 is 4.79 Å². The Balaban J connectivity index is 1.30. The molecule has 3 aromatic rings. The van der Waals surface area contributed by atoms with Crippen molar-refractivity contribution in [1.82, 2.24) is 19.9 Å². The highest BCUT2D eigenvalue weighted by atomic mass is 16.2. The molecule has 6 heteroatoms. The molecule has 1 amide bonds. The van der Waals surface area contributed by atoms with E-state index in [0.29, 0.717) is 11.8 Å². The molecule has 0 spiro atoms. The van der Waals surface area contributed by atoms with E-state index >= 15 is 0 Å². The van der Waals surface area contributed by atoms with Crippen LogP contribution >= 0.6 is 0 Å². The van der Waals surface area contributed by atoms with Gasteiger partial charge in [0.15, 0.2) is 0 Å². The van der Waals surface area contributed by atoms with Crippen molar-refractivity contribution in [2.24, 2.45) is 11.8 Å². The van der Waals surface area contributed by atoms with E-state index in [9.17, 15) is 4.79 Å². The topological polar surface area (TPSA) is 62.2 Å². The summed E-state index contributed by atoms with van der Waals surface area (Å²) in [6.07, 6.45) is 3.40. The minimum atomic E-state index is 0.125. The maximum absolute atomic E-state index is 13.0. The summed E-state index contributed by atoms with van der Waals surface area (Å²) in [6.45, 7) is 5.52. The minimum Gasteiger partial charge on any atom is -0.356 e. The highest BCUT2D eigenvalue weighted by Crippen LogP contribution is 2.34. The average molecular weight is 359 g/mol. The van der Waals surface area contributed by atoms with Gasteiger partial charge in [-0.25, -0.2) is 9.97 Å². The Kier molecular flexibility index (Phi) is 3.77. The second kappa shape index (κ2) is 6.30. The van der Waals surface area contributed by atoms with Crippen molar-refractivity contribution >= 4 is 22.6 Å². The first-order chi connectivity index (χ1) is 13.2. The number of aromatic nitrogens is 3. The molecule has 2 atom stereocenters. The van der Waals surface area contributed by atoms with Crippen molar-refractivity contribution in [1.29, 1.82) is 0 Å². The van der Waals surface area contributed by atoms with E-state index in [1.54, 1.807) is 12.5 Å². The molecule has 0 N–H and O–H groups in total. The standard InChI is InChI=1S/C21H21N5O/c1-14-7-20(24-13-23-14)25-9-17-11-26(12-18(17)10-25)21(27)16-4-5-19-15(8-16)3-2-6-22-19/h2-8,13,17-18H,9-12H2,1H3. The van der Waals surface area contributed by atoms with Crippen LogP contribution in [0.15, 0.2) is 48.9 Å². The second-order valence-corrected chi connectivity index (χ2v) is 7.56. The lowest BCUT2D eigenvalue weighted by Crippen LogP contribution is -2.33. The maximum Gasteiger partial charge on any atom is 0.253 e. The number of hydrogen-bond donors (Lipinski definition) is 0. The predicted octanol–water partition coefficient (Wildman–Crippen LogP) is 2.54. The zero-order chi connectivity index (χ0) is 18.4. The lowest BCUT2D eigenvalue weighted by Gasteiger charge is -2.22. The number of aryl methyl sites for hydroxylation is 1. The van der Waals surface area contributed by atoms with Gasteiger partial charge in [0, 0.05) is 66.9 Å². The third kappa shape index (κ3) is 2.91. The zero-order valence-electron chi connectivity index (χ0n) is 15.2. The Morgan fingerprint density at radius 2 is 1.81 bits per heavy atom. The largest absolute Gasteiger partial charge is 0.356 e. The van der Waals surface area contributed by atoms with Crippen LogP contribution in [0.2, 0.25) is 0 Å². The summed E-state index contributed by atoms with van der Waals surface area (Å²) in [5, 5.41) is 1.01. The first-order valence-electron chi connectivity index (χ1n) is 9.35. The molecule has 2 aliphatic rings. The number of fused-ring (bicyclic) bond motifs is 2. The van der Waals surface area contributed by atoms with Crippen molar-refractivity contribution in [3.05, 3.63) is 60.2 Å². The van der Waals surface area contributed by atoms with Gasteiger partial charge in [0.2, 0.25) is 0 Å². The molecule has 6 nitrogen and oxygen atoms in total. The SMILES string of the molecule is Cc1cc(N2CC3CN(C(=O)c4ccc5ncccc5c4)CC3C2)ncn1. The number of amides is 1. The van der Waals surface area contributed by atoms with Crippen LogP contribution in [-0.2, 0) is 0 Å². The Morgan fingerprint density at radius 1 is 1.00 bits per heavy atom. The Labute approximate surface area is 157 Å². The molecule has 136 valence electrons. The molecule has 5 rings (SSSR count). The number of anilines is 1. The minimum absolute atomic E-state index is 0.125. The van der Waals surface area contributed by atoms with E-state index in [0.717, 1.165) is 54.2 Å². The van der Waals surface area contributed by atoms with Crippen LogP contribution < -0.4 is 4.90 Å². The van der Waals surface area contributed by atoms with E-state index in [1.165, 1.54) is 0 Å². The van der Waals surface area contributed by atoms with Gasteiger partial charge in [-0.2, -0.15) is 0 Å². The summed E-state index contributed by atoms with van der Waals surface area (Å²) in [6, 6.07) is 11.7. The average Bonchev–Trinajstić information content (AvgIpc) is 3.26. The van der Waals surface area contributed by atoms with Crippen molar-refractivity contribution in [3.63, 3.8) is 0 Å². The summed E-state index contributed by atoms with van der Waals surface area (Å²) in [5.74, 6) is 2.13. The number of likely N-dealkylation sites (tertiary alicyclic amines) is 1. The molecule has 2 saturated heterocycles. The van der Waals surface area contributed by atoms with Gasteiger partial charge < -0.3 is 9.80 Å². The first-order valence-corrected chi connectivity index (χ1v) is 9.35. The summed E-state index contributed by atoms with van der Waals surface area (Å²) in [5.41, 5.74) is 2.65. The fraction of sp³-hybridized carbons (Fsp3) is 0.333. The molecule has 0 radical (unpaired) electrons. The van der Waals surface area contributed by atoms with E-state index in [1.807, 2.05) is 48.2 Å². The monoisotopic (exact) mass is 359 g/mol. The molecule has 2 aromatic heterocycles. The van der Waals surface area contributed by atoms with Crippen molar-refractivity contribution in [3.8, 4) is 0 Å². The number of benzene rings is 1. The van der Waals surface area contributed by atoms with Crippen LogP contribution in [0.5, 0.6) is 0 Å². The highest BCUT2D eigenvalue weighted by molar-refractivity contribution is 5.98. The van der Waals surface area contributed by atoms with Gasteiger partial charge in [0.05, 0.1) is 5.52 Å². The number of hydrogen-bond acceptors (Lipinski definition) is 5. The number of rotatable bonds is 2. The molecule has 1 aromatic carbocycles. The smallest absolute Gasteiger partial charge is 0.253 e. The van der Waals surface area contributed by atoms with Gasteiger partial charge in [-0.1, -0.05) is 6.07 Å². The molecule has 27 heavy (non-hydrogen) atoms. The summed E-state index contributed by atoms with van der Waals surface area (Å²) in [7, 11) is 0. The zero-order valence-corrected chi connectivity index (χ0v) is 15.2. The van der Waals surface area contributed by atoms with Gasteiger partial charge in [-0.15, -0.1) is 0 Å². The predicted molar refractivity (Wildman–Crippen MR) is 104 cm³/mol. The molecule has 0 saturated carbocycles. The summed E-state index contributed by atoms with van der Waals surface area (Å²) < 4.78 is 0. The summed E-state index contributed by atoms with van der Waals surface area (Å²) in [4.78, 5) is 30.2. The Hall–Kier alpha value is -3.02. The third-order valence-corrected chi connectivity index (χ3v) is 5.74. The van der Waals surface area contributed by atoms with Gasteiger partial charge in [-0.3, -0.25) is 9.78 Å². The van der Waals surface area contributed by atoms with E-state index in [-0.39, 0.29) is 5.91 Å². The quantitative estimate of drug-likeness (QED) is 0.704. The van der Waals surface area contributed by atoms with Crippen LogP contribution in [0.4, 0.5) is 5.82 Å². The molecule has 4 heterocycles. The lowest BCUT2D eigenvalue weighted by atomic mass is 10.0. The van der Waals surface area contributed by atoms with Gasteiger partial charge >= 0.3 is 0 Å². The normalized spacial score (nSPS) is 21.7. The van der Waals surface area contributed by atoms with Crippen molar-refractivity contribution in [2.75, 3.05) is 31.1 Å². The highest BCUT2D eigenvalue weighted by Gasteiger charge is 2.42. The molecule has 0 aliphatic carbocycles. The second-order valence-electron chi connectivity index (χ2n) is 7.56. The molecular weight excluding hydrogens is 338 g/mol. The fourth-order valence-electron chi connectivity index (χ4n) is 4.35.